The quantitative estimate of drug-likeness (QED) is 0.407. The molecule has 1 saturated heterocycles. The zero-order valence-corrected chi connectivity index (χ0v) is 18.4. The summed E-state index contributed by atoms with van der Waals surface area (Å²) in [5.41, 5.74) is 0.724. The van der Waals surface area contributed by atoms with Gasteiger partial charge < -0.3 is 4.74 Å². The molecule has 1 fully saturated rings. The summed E-state index contributed by atoms with van der Waals surface area (Å²) >= 11 is 12.1. The number of esters is 1. The van der Waals surface area contributed by atoms with Crippen LogP contribution in [-0.4, -0.2) is 52.0 Å². The van der Waals surface area contributed by atoms with Gasteiger partial charge in [-0.15, -0.1) is 5.10 Å². The summed E-state index contributed by atoms with van der Waals surface area (Å²) in [4.78, 5) is 12.4. The van der Waals surface area contributed by atoms with Crippen molar-refractivity contribution in [3.05, 3.63) is 58.8 Å². The van der Waals surface area contributed by atoms with E-state index in [-0.39, 0.29) is 28.0 Å². The lowest BCUT2D eigenvalue weighted by atomic mass is 9.98. The van der Waals surface area contributed by atoms with E-state index in [1.165, 1.54) is 27.4 Å². The largest absolute Gasteiger partial charge is 0.426 e. The molecule has 2 heterocycles. The molecule has 31 heavy (non-hydrogen) atoms. The first-order valence-corrected chi connectivity index (χ1v) is 11.5. The Balaban J connectivity index is 1.38. The Bertz CT molecular complexity index is 1160. The van der Waals surface area contributed by atoms with Crippen LogP contribution in [0.2, 0.25) is 10.0 Å². The number of carbonyl (C=O) groups is 1. The van der Waals surface area contributed by atoms with E-state index in [0.29, 0.717) is 18.6 Å². The molecule has 1 aromatic heterocycles. The van der Waals surface area contributed by atoms with Crippen LogP contribution in [0.4, 0.5) is 0 Å². The second kappa shape index (κ2) is 8.91. The molecule has 0 bridgehead atoms. The Labute approximate surface area is 188 Å². The van der Waals surface area contributed by atoms with Gasteiger partial charge in [0.2, 0.25) is 10.0 Å². The van der Waals surface area contributed by atoms with E-state index in [4.69, 9.17) is 27.9 Å². The van der Waals surface area contributed by atoms with Crippen molar-refractivity contribution in [2.45, 2.75) is 17.7 Å². The van der Waals surface area contributed by atoms with Gasteiger partial charge >= 0.3 is 5.97 Å². The Hall–Kier alpha value is -2.53. The number of carbonyl (C=O) groups excluding carboxylic acids is 1. The highest BCUT2D eigenvalue weighted by molar-refractivity contribution is 7.89. The van der Waals surface area contributed by atoms with Crippen LogP contribution in [0.1, 0.15) is 12.8 Å². The first-order chi connectivity index (χ1) is 14.9. The molecule has 0 aliphatic carbocycles. The normalized spacial score (nSPS) is 15.7. The molecular weight excluding hydrogens is 465 g/mol. The van der Waals surface area contributed by atoms with Crippen LogP contribution in [0, 0.1) is 5.92 Å². The van der Waals surface area contributed by atoms with Crippen molar-refractivity contribution in [1.82, 2.24) is 24.5 Å². The maximum Gasteiger partial charge on any atom is 0.314 e. The number of hydrogen-bond donors (Lipinski definition) is 0. The van der Waals surface area contributed by atoms with E-state index in [1.54, 1.807) is 30.3 Å². The van der Waals surface area contributed by atoms with Crippen molar-refractivity contribution < 1.29 is 17.9 Å². The molecule has 12 heteroatoms. The number of tetrazole rings is 1. The maximum absolute atomic E-state index is 13.0. The van der Waals surface area contributed by atoms with E-state index in [2.05, 4.69) is 15.5 Å². The van der Waals surface area contributed by atoms with Gasteiger partial charge in [-0.3, -0.25) is 4.79 Å². The molecule has 4 rings (SSSR count). The van der Waals surface area contributed by atoms with Gasteiger partial charge in [0, 0.05) is 13.1 Å². The topological polar surface area (TPSA) is 107 Å². The van der Waals surface area contributed by atoms with Gasteiger partial charge in [-0.25, -0.2) is 13.1 Å². The van der Waals surface area contributed by atoms with Crippen molar-refractivity contribution in [3.63, 3.8) is 0 Å². The summed E-state index contributed by atoms with van der Waals surface area (Å²) in [5, 5.41) is 11.1. The zero-order valence-electron chi connectivity index (χ0n) is 16.1. The Morgan fingerprint density at radius 2 is 1.68 bits per heavy atom. The smallest absolute Gasteiger partial charge is 0.314 e. The van der Waals surface area contributed by atoms with Crippen LogP contribution in [-0.2, 0) is 14.8 Å². The third-order valence-corrected chi connectivity index (χ3v) is 7.83. The minimum absolute atomic E-state index is 0.0687. The Kier molecular flexibility index (Phi) is 6.24. The minimum Gasteiger partial charge on any atom is -0.426 e. The molecule has 0 N–H and O–H groups in total. The van der Waals surface area contributed by atoms with Crippen LogP contribution in [0.5, 0.6) is 5.75 Å². The standard InChI is InChI=1S/C19H17Cl2N5O4S/c20-16-2-1-3-17(21)18(16)31(28,29)25-10-8-13(9-11-25)19(27)30-15-6-4-14(5-7-15)26-12-22-23-24-26/h1-7,12-13H,8-11H2. The number of nitrogens with zero attached hydrogens (tertiary/aromatic N) is 5. The number of sulfonamides is 1. The van der Waals surface area contributed by atoms with Crippen LogP contribution in [0.25, 0.3) is 5.69 Å². The fourth-order valence-electron chi connectivity index (χ4n) is 3.34. The number of ether oxygens (including phenoxy) is 1. The van der Waals surface area contributed by atoms with Gasteiger partial charge in [0.15, 0.2) is 0 Å². The second-order valence-electron chi connectivity index (χ2n) is 6.90. The van der Waals surface area contributed by atoms with E-state index >= 15 is 0 Å². The number of piperidine rings is 1. The predicted molar refractivity (Wildman–Crippen MR) is 113 cm³/mol. The van der Waals surface area contributed by atoms with Crippen molar-refractivity contribution in [1.29, 1.82) is 0 Å². The summed E-state index contributed by atoms with van der Waals surface area (Å²) in [5.74, 6) is -0.421. The second-order valence-corrected chi connectivity index (χ2v) is 9.59. The molecule has 2 aromatic carbocycles. The average molecular weight is 482 g/mol. The summed E-state index contributed by atoms with van der Waals surface area (Å²) in [6.45, 7) is 0.337. The van der Waals surface area contributed by atoms with Gasteiger partial charge in [-0.1, -0.05) is 29.3 Å². The fourth-order valence-corrected chi connectivity index (χ4v) is 5.90. The molecular formula is C19H17Cl2N5O4S. The molecule has 1 aliphatic rings. The van der Waals surface area contributed by atoms with E-state index in [1.807, 2.05) is 0 Å². The molecule has 0 saturated carbocycles. The molecule has 0 unspecified atom stereocenters. The lowest BCUT2D eigenvalue weighted by molar-refractivity contribution is -0.140. The van der Waals surface area contributed by atoms with Gasteiger partial charge in [0.25, 0.3) is 0 Å². The minimum atomic E-state index is -3.86. The number of aromatic nitrogens is 4. The summed E-state index contributed by atoms with van der Waals surface area (Å²) in [6.07, 6.45) is 2.13. The maximum atomic E-state index is 13.0. The summed E-state index contributed by atoms with van der Waals surface area (Å²) < 4.78 is 34.1. The summed E-state index contributed by atoms with van der Waals surface area (Å²) in [7, 11) is -3.86. The van der Waals surface area contributed by atoms with E-state index in [9.17, 15) is 13.2 Å². The van der Waals surface area contributed by atoms with Crippen molar-refractivity contribution in [3.8, 4) is 11.4 Å². The zero-order chi connectivity index (χ0) is 22.0. The Morgan fingerprint density at radius 1 is 1.03 bits per heavy atom. The SMILES string of the molecule is O=C(Oc1ccc(-n2cnnn2)cc1)C1CCN(S(=O)(=O)c2c(Cl)cccc2Cl)CC1. The third kappa shape index (κ3) is 4.57. The van der Waals surface area contributed by atoms with E-state index < -0.39 is 21.9 Å². The number of benzene rings is 2. The van der Waals surface area contributed by atoms with Crippen LogP contribution >= 0.6 is 23.2 Å². The van der Waals surface area contributed by atoms with Crippen molar-refractivity contribution >= 4 is 39.2 Å². The average Bonchev–Trinajstić information content (AvgIpc) is 3.29. The Morgan fingerprint density at radius 3 is 2.26 bits per heavy atom. The molecule has 0 spiro atoms. The molecule has 3 aromatic rings. The molecule has 1 aliphatic heterocycles. The fraction of sp³-hybridized carbons (Fsp3) is 0.263. The highest BCUT2D eigenvalue weighted by Gasteiger charge is 2.35. The van der Waals surface area contributed by atoms with Gasteiger partial charge in [0.1, 0.15) is 17.0 Å². The summed E-state index contributed by atoms with van der Waals surface area (Å²) in [6, 6.07) is 11.3. The monoisotopic (exact) mass is 481 g/mol. The van der Waals surface area contributed by atoms with E-state index in [0.717, 1.165) is 5.69 Å². The molecule has 9 nitrogen and oxygen atoms in total. The first-order valence-electron chi connectivity index (χ1n) is 9.35. The molecule has 0 radical (unpaired) electrons. The van der Waals surface area contributed by atoms with Crippen LogP contribution in [0.15, 0.2) is 53.7 Å². The highest BCUT2D eigenvalue weighted by Crippen LogP contribution is 2.33. The van der Waals surface area contributed by atoms with Crippen molar-refractivity contribution in [2.75, 3.05) is 13.1 Å². The number of hydrogen-bond acceptors (Lipinski definition) is 7. The lowest BCUT2D eigenvalue weighted by Crippen LogP contribution is -2.41. The molecule has 0 amide bonds. The predicted octanol–water partition coefficient (Wildman–Crippen LogP) is 2.98. The van der Waals surface area contributed by atoms with Crippen molar-refractivity contribution in [2.24, 2.45) is 5.92 Å². The van der Waals surface area contributed by atoms with Crippen LogP contribution in [0.3, 0.4) is 0 Å². The van der Waals surface area contributed by atoms with Gasteiger partial charge in [0.05, 0.1) is 21.7 Å². The number of rotatable bonds is 5. The third-order valence-electron chi connectivity index (χ3n) is 4.97. The number of halogens is 2. The van der Waals surface area contributed by atoms with Gasteiger partial charge in [-0.2, -0.15) is 4.31 Å². The highest BCUT2D eigenvalue weighted by atomic mass is 35.5. The van der Waals surface area contributed by atoms with Crippen LogP contribution < -0.4 is 4.74 Å². The lowest BCUT2D eigenvalue weighted by Gasteiger charge is -2.30. The molecule has 162 valence electrons. The first kappa shape index (κ1) is 21.7. The van der Waals surface area contributed by atoms with Gasteiger partial charge in [-0.05, 0) is 59.7 Å². The molecule has 0 atom stereocenters.